The number of carbonyl (C=O) groups is 2. The molecule has 0 aromatic heterocycles. The van der Waals surface area contributed by atoms with E-state index >= 15 is 0 Å². The number of benzene rings is 1. The largest absolute Gasteiger partial charge is 0.469 e. The smallest absolute Gasteiger partial charge is 0.306 e. The van der Waals surface area contributed by atoms with Crippen molar-refractivity contribution in [2.45, 2.75) is 44.8 Å². The van der Waals surface area contributed by atoms with Gasteiger partial charge < -0.3 is 14.4 Å². The second-order valence-corrected chi connectivity index (χ2v) is 5.97. The van der Waals surface area contributed by atoms with Crippen molar-refractivity contribution < 1.29 is 19.1 Å². The van der Waals surface area contributed by atoms with Crippen molar-refractivity contribution in [1.29, 1.82) is 0 Å². The molecule has 1 saturated heterocycles. The summed E-state index contributed by atoms with van der Waals surface area (Å²) >= 11 is 0. The number of aryl methyl sites for hydroxylation is 1. The van der Waals surface area contributed by atoms with E-state index in [0.717, 1.165) is 12.8 Å². The Labute approximate surface area is 137 Å². The van der Waals surface area contributed by atoms with Crippen LogP contribution in [0.3, 0.4) is 0 Å². The third-order valence-corrected chi connectivity index (χ3v) is 4.05. The van der Waals surface area contributed by atoms with Gasteiger partial charge in [-0.2, -0.15) is 0 Å². The molecule has 2 rings (SSSR count). The third-order valence-electron chi connectivity index (χ3n) is 4.05. The van der Waals surface area contributed by atoms with Crippen LogP contribution in [0, 0.1) is 0 Å². The van der Waals surface area contributed by atoms with E-state index in [-0.39, 0.29) is 36.9 Å². The van der Waals surface area contributed by atoms with Crippen molar-refractivity contribution >= 4 is 11.9 Å². The number of nitrogens with zero attached hydrogens (tertiary/aromatic N) is 1. The zero-order chi connectivity index (χ0) is 16.7. The van der Waals surface area contributed by atoms with Gasteiger partial charge in [0.25, 0.3) is 0 Å². The summed E-state index contributed by atoms with van der Waals surface area (Å²) in [7, 11) is 1.34. The van der Waals surface area contributed by atoms with E-state index in [1.807, 2.05) is 30.0 Å². The minimum absolute atomic E-state index is 0.00439. The fourth-order valence-electron chi connectivity index (χ4n) is 2.85. The Balaban J connectivity index is 1.83. The van der Waals surface area contributed by atoms with Gasteiger partial charge in [0, 0.05) is 19.5 Å². The summed E-state index contributed by atoms with van der Waals surface area (Å²) in [5.41, 5.74) is 1.28. The maximum atomic E-state index is 12.2. The molecule has 23 heavy (non-hydrogen) atoms. The molecule has 0 radical (unpaired) electrons. The van der Waals surface area contributed by atoms with Gasteiger partial charge in [0.15, 0.2) is 0 Å². The van der Waals surface area contributed by atoms with Gasteiger partial charge in [-0.3, -0.25) is 9.59 Å². The van der Waals surface area contributed by atoms with Gasteiger partial charge in [-0.05, 0) is 25.3 Å². The fraction of sp³-hybridized carbons (Fsp3) is 0.556. The molecule has 0 saturated carbocycles. The zero-order valence-corrected chi connectivity index (χ0v) is 13.9. The Morgan fingerprint density at radius 2 is 1.96 bits per heavy atom. The summed E-state index contributed by atoms with van der Waals surface area (Å²) in [5, 5.41) is 0. The van der Waals surface area contributed by atoms with Crippen molar-refractivity contribution in [1.82, 2.24) is 4.90 Å². The van der Waals surface area contributed by atoms with Crippen LogP contribution in [0.2, 0.25) is 0 Å². The Hall–Kier alpha value is -1.88. The average molecular weight is 319 g/mol. The van der Waals surface area contributed by atoms with Crippen LogP contribution in [0.25, 0.3) is 0 Å². The van der Waals surface area contributed by atoms with Crippen LogP contribution in [0.5, 0.6) is 0 Å². The number of rotatable bonds is 6. The van der Waals surface area contributed by atoms with Crippen molar-refractivity contribution in [3.8, 4) is 0 Å². The minimum atomic E-state index is -0.347. The summed E-state index contributed by atoms with van der Waals surface area (Å²) in [6.45, 7) is 3.16. The van der Waals surface area contributed by atoms with E-state index < -0.39 is 0 Å². The third kappa shape index (κ3) is 5.67. The number of amides is 1. The van der Waals surface area contributed by atoms with Crippen LogP contribution in [-0.2, 0) is 25.5 Å². The monoisotopic (exact) mass is 319 g/mol. The molecule has 1 aromatic rings. The van der Waals surface area contributed by atoms with E-state index in [0.29, 0.717) is 13.1 Å². The lowest BCUT2D eigenvalue weighted by Crippen LogP contribution is -2.49. The first kappa shape index (κ1) is 17.5. The van der Waals surface area contributed by atoms with Crippen LogP contribution in [0.1, 0.15) is 31.7 Å². The van der Waals surface area contributed by atoms with Crippen molar-refractivity contribution in [2.75, 3.05) is 20.2 Å². The highest BCUT2D eigenvalue weighted by Crippen LogP contribution is 2.17. The van der Waals surface area contributed by atoms with E-state index in [2.05, 4.69) is 16.9 Å². The second-order valence-electron chi connectivity index (χ2n) is 5.97. The molecule has 5 heteroatoms. The zero-order valence-electron chi connectivity index (χ0n) is 13.9. The number of morpholine rings is 1. The standard InChI is InChI=1S/C18H25NO4/c1-14-12-19(17(20)10-11-18(21)22-2)13-16(23-14)9-8-15-6-4-3-5-7-15/h3-7,14,16H,8-13H2,1-2H3. The van der Waals surface area contributed by atoms with Crippen molar-refractivity contribution in [3.63, 3.8) is 0 Å². The van der Waals surface area contributed by atoms with Crippen LogP contribution < -0.4 is 0 Å². The highest BCUT2D eigenvalue weighted by atomic mass is 16.5. The summed E-state index contributed by atoms with van der Waals surface area (Å²) in [5.74, 6) is -0.351. The molecule has 1 heterocycles. The number of carbonyl (C=O) groups excluding carboxylic acids is 2. The van der Waals surface area contributed by atoms with Gasteiger partial charge in [0.1, 0.15) is 0 Å². The molecule has 1 fully saturated rings. The fourth-order valence-corrected chi connectivity index (χ4v) is 2.85. The van der Waals surface area contributed by atoms with E-state index in [9.17, 15) is 9.59 Å². The topological polar surface area (TPSA) is 55.8 Å². The predicted octanol–water partition coefficient (Wildman–Crippen LogP) is 2.19. The van der Waals surface area contributed by atoms with Gasteiger partial charge in [-0.25, -0.2) is 0 Å². The normalized spacial score (nSPS) is 21.0. The van der Waals surface area contributed by atoms with Gasteiger partial charge in [0.05, 0.1) is 25.7 Å². The summed E-state index contributed by atoms with van der Waals surface area (Å²) in [4.78, 5) is 25.2. The van der Waals surface area contributed by atoms with Gasteiger partial charge in [-0.15, -0.1) is 0 Å². The lowest BCUT2D eigenvalue weighted by atomic mass is 10.0. The first-order valence-corrected chi connectivity index (χ1v) is 8.12. The maximum Gasteiger partial charge on any atom is 0.306 e. The molecular formula is C18H25NO4. The van der Waals surface area contributed by atoms with Crippen LogP contribution in [0.15, 0.2) is 30.3 Å². The Bertz CT molecular complexity index is 517. The minimum Gasteiger partial charge on any atom is -0.469 e. The molecule has 0 spiro atoms. The second kappa shape index (κ2) is 8.67. The molecule has 1 aliphatic heterocycles. The average Bonchev–Trinajstić information content (AvgIpc) is 2.58. The van der Waals surface area contributed by atoms with Gasteiger partial charge in [-0.1, -0.05) is 30.3 Å². The van der Waals surface area contributed by atoms with E-state index in [4.69, 9.17) is 4.74 Å². The van der Waals surface area contributed by atoms with Crippen molar-refractivity contribution in [2.24, 2.45) is 0 Å². The van der Waals surface area contributed by atoms with Crippen LogP contribution >= 0.6 is 0 Å². The number of esters is 1. The van der Waals surface area contributed by atoms with E-state index in [1.54, 1.807) is 0 Å². The SMILES string of the molecule is COC(=O)CCC(=O)N1CC(C)OC(CCc2ccccc2)C1. The molecule has 1 aliphatic rings. The van der Waals surface area contributed by atoms with E-state index in [1.165, 1.54) is 12.7 Å². The molecule has 2 atom stereocenters. The highest BCUT2D eigenvalue weighted by Gasteiger charge is 2.28. The summed E-state index contributed by atoms with van der Waals surface area (Å²) in [6, 6.07) is 10.3. The molecule has 0 bridgehead atoms. The Kier molecular flexibility index (Phi) is 6.59. The Morgan fingerprint density at radius 3 is 2.65 bits per heavy atom. The quantitative estimate of drug-likeness (QED) is 0.754. The lowest BCUT2D eigenvalue weighted by molar-refractivity contribution is -0.149. The molecule has 0 N–H and O–H groups in total. The highest BCUT2D eigenvalue weighted by molar-refractivity contribution is 5.81. The van der Waals surface area contributed by atoms with Gasteiger partial charge >= 0.3 is 5.97 Å². The predicted molar refractivity (Wildman–Crippen MR) is 86.9 cm³/mol. The first-order chi connectivity index (χ1) is 11.1. The number of methoxy groups -OCH3 is 1. The first-order valence-electron chi connectivity index (χ1n) is 8.12. The molecule has 1 aromatic carbocycles. The molecule has 2 unspecified atom stereocenters. The number of ether oxygens (including phenoxy) is 2. The number of hydrogen-bond acceptors (Lipinski definition) is 4. The maximum absolute atomic E-state index is 12.2. The van der Waals surface area contributed by atoms with Crippen molar-refractivity contribution in [3.05, 3.63) is 35.9 Å². The molecular weight excluding hydrogens is 294 g/mol. The number of hydrogen-bond donors (Lipinski definition) is 0. The summed E-state index contributed by atoms with van der Waals surface area (Å²) < 4.78 is 10.5. The summed E-state index contributed by atoms with van der Waals surface area (Å²) in [6.07, 6.45) is 2.21. The van der Waals surface area contributed by atoms with Crippen LogP contribution in [-0.4, -0.2) is 49.2 Å². The molecule has 0 aliphatic carbocycles. The van der Waals surface area contributed by atoms with Gasteiger partial charge in [0.2, 0.25) is 5.91 Å². The lowest BCUT2D eigenvalue weighted by Gasteiger charge is -2.37. The molecule has 5 nitrogen and oxygen atoms in total. The molecule has 1 amide bonds. The van der Waals surface area contributed by atoms with Crippen LogP contribution in [0.4, 0.5) is 0 Å². The molecule has 126 valence electrons. The Morgan fingerprint density at radius 1 is 1.22 bits per heavy atom.